The number of ether oxygens (including phenoxy) is 3. The third-order valence-electron chi connectivity index (χ3n) is 3.58. The lowest BCUT2D eigenvalue weighted by atomic mass is 9.88. The van der Waals surface area contributed by atoms with Crippen LogP contribution in [0.5, 0.6) is 0 Å². The first-order valence-corrected chi connectivity index (χ1v) is 6.05. The van der Waals surface area contributed by atoms with Gasteiger partial charge in [0.15, 0.2) is 0 Å². The van der Waals surface area contributed by atoms with Crippen molar-refractivity contribution in [2.75, 3.05) is 20.3 Å². The number of esters is 1. The monoisotopic (exact) mass is 249 g/mol. The summed E-state index contributed by atoms with van der Waals surface area (Å²) in [5.41, 5.74) is 2.00. The SMILES string of the molecule is COC(=O)c1cc2c(cn1)COC21CCCOC1. The summed E-state index contributed by atoms with van der Waals surface area (Å²) in [7, 11) is 1.35. The minimum Gasteiger partial charge on any atom is -0.464 e. The van der Waals surface area contributed by atoms with E-state index in [9.17, 15) is 4.79 Å². The molecule has 96 valence electrons. The van der Waals surface area contributed by atoms with Gasteiger partial charge in [0.2, 0.25) is 0 Å². The first kappa shape index (κ1) is 11.6. The maximum Gasteiger partial charge on any atom is 0.356 e. The summed E-state index contributed by atoms with van der Waals surface area (Å²) in [4.78, 5) is 15.6. The number of hydrogen-bond donors (Lipinski definition) is 0. The summed E-state index contributed by atoms with van der Waals surface area (Å²) in [6, 6.07) is 1.78. The van der Waals surface area contributed by atoms with E-state index in [0.29, 0.717) is 18.9 Å². The maximum atomic E-state index is 11.5. The fourth-order valence-corrected chi connectivity index (χ4v) is 2.63. The molecule has 18 heavy (non-hydrogen) atoms. The summed E-state index contributed by atoms with van der Waals surface area (Å²) in [6.45, 7) is 1.85. The van der Waals surface area contributed by atoms with Crippen molar-refractivity contribution in [3.05, 3.63) is 29.1 Å². The van der Waals surface area contributed by atoms with Crippen molar-refractivity contribution < 1.29 is 19.0 Å². The van der Waals surface area contributed by atoms with Gasteiger partial charge in [0.05, 0.1) is 20.3 Å². The van der Waals surface area contributed by atoms with Crippen LogP contribution in [0.15, 0.2) is 12.3 Å². The van der Waals surface area contributed by atoms with E-state index in [-0.39, 0.29) is 5.60 Å². The molecule has 3 rings (SSSR count). The van der Waals surface area contributed by atoms with Crippen LogP contribution in [0.2, 0.25) is 0 Å². The molecular formula is C13H15NO4. The van der Waals surface area contributed by atoms with Gasteiger partial charge in [-0.05, 0) is 24.5 Å². The Balaban J connectivity index is 2.00. The molecule has 1 saturated heterocycles. The summed E-state index contributed by atoms with van der Waals surface area (Å²) in [5, 5.41) is 0. The fourth-order valence-electron chi connectivity index (χ4n) is 2.63. The second-order valence-corrected chi connectivity index (χ2v) is 4.66. The smallest absolute Gasteiger partial charge is 0.356 e. The molecule has 0 N–H and O–H groups in total. The van der Waals surface area contributed by atoms with Crippen LogP contribution >= 0.6 is 0 Å². The Morgan fingerprint density at radius 2 is 2.44 bits per heavy atom. The van der Waals surface area contributed by atoms with Crippen LogP contribution in [0.1, 0.15) is 34.5 Å². The zero-order chi connectivity index (χ0) is 12.6. The average molecular weight is 249 g/mol. The van der Waals surface area contributed by atoms with E-state index in [4.69, 9.17) is 14.2 Å². The van der Waals surface area contributed by atoms with E-state index in [0.717, 1.165) is 30.6 Å². The highest BCUT2D eigenvalue weighted by molar-refractivity contribution is 5.87. The molecule has 1 aromatic heterocycles. The highest BCUT2D eigenvalue weighted by Crippen LogP contribution is 2.42. The van der Waals surface area contributed by atoms with Crippen LogP contribution < -0.4 is 0 Å². The van der Waals surface area contributed by atoms with Crippen LogP contribution in [0, 0.1) is 0 Å². The molecule has 1 spiro atoms. The Morgan fingerprint density at radius 1 is 1.56 bits per heavy atom. The van der Waals surface area contributed by atoms with E-state index in [1.165, 1.54) is 7.11 Å². The van der Waals surface area contributed by atoms with Crippen molar-refractivity contribution >= 4 is 5.97 Å². The molecule has 5 heteroatoms. The minimum atomic E-state index is -0.420. The van der Waals surface area contributed by atoms with Crippen molar-refractivity contribution in [2.24, 2.45) is 0 Å². The quantitative estimate of drug-likeness (QED) is 0.704. The van der Waals surface area contributed by atoms with Gasteiger partial charge < -0.3 is 14.2 Å². The van der Waals surface area contributed by atoms with Crippen LogP contribution in [-0.4, -0.2) is 31.3 Å². The first-order valence-electron chi connectivity index (χ1n) is 6.05. The van der Waals surface area contributed by atoms with E-state index >= 15 is 0 Å². The molecule has 0 radical (unpaired) electrons. The highest BCUT2D eigenvalue weighted by atomic mass is 16.5. The topological polar surface area (TPSA) is 57.7 Å². The molecule has 0 bridgehead atoms. The number of hydrogen-bond acceptors (Lipinski definition) is 5. The predicted octanol–water partition coefficient (Wildman–Crippen LogP) is 1.40. The number of nitrogens with zero attached hydrogens (tertiary/aromatic N) is 1. The van der Waals surface area contributed by atoms with Crippen LogP contribution in [-0.2, 0) is 26.4 Å². The number of rotatable bonds is 1. The number of pyridine rings is 1. The van der Waals surface area contributed by atoms with Crippen molar-refractivity contribution in [3.63, 3.8) is 0 Å². The lowest BCUT2D eigenvalue weighted by Crippen LogP contribution is -2.35. The van der Waals surface area contributed by atoms with Gasteiger partial charge in [-0.2, -0.15) is 0 Å². The van der Waals surface area contributed by atoms with E-state index in [1.807, 2.05) is 0 Å². The second-order valence-electron chi connectivity index (χ2n) is 4.66. The van der Waals surface area contributed by atoms with Gasteiger partial charge in [-0.3, -0.25) is 0 Å². The molecule has 5 nitrogen and oxygen atoms in total. The summed E-state index contributed by atoms with van der Waals surface area (Å²) in [6.07, 6.45) is 3.59. The van der Waals surface area contributed by atoms with E-state index < -0.39 is 5.97 Å². The number of carbonyl (C=O) groups excluding carboxylic acids is 1. The van der Waals surface area contributed by atoms with Crippen LogP contribution in [0.25, 0.3) is 0 Å². The Labute approximate surface area is 105 Å². The van der Waals surface area contributed by atoms with Gasteiger partial charge in [-0.25, -0.2) is 9.78 Å². The van der Waals surface area contributed by atoms with Gasteiger partial charge in [-0.15, -0.1) is 0 Å². The van der Waals surface area contributed by atoms with Gasteiger partial charge in [0, 0.05) is 18.4 Å². The molecular weight excluding hydrogens is 234 g/mol. The molecule has 1 unspecified atom stereocenters. The lowest BCUT2D eigenvalue weighted by molar-refractivity contribution is -0.126. The molecule has 0 amide bonds. The van der Waals surface area contributed by atoms with E-state index in [1.54, 1.807) is 12.3 Å². The lowest BCUT2D eigenvalue weighted by Gasteiger charge is -2.33. The second kappa shape index (κ2) is 4.33. The fraction of sp³-hybridized carbons (Fsp3) is 0.538. The maximum absolute atomic E-state index is 11.5. The van der Waals surface area contributed by atoms with E-state index in [2.05, 4.69) is 4.98 Å². The van der Waals surface area contributed by atoms with Gasteiger partial charge in [0.25, 0.3) is 0 Å². The average Bonchev–Trinajstić information content (AvgIpc) is 2.77. The Bertz CT molecular complexity index is 474. The van der Waals surface area contributed by atoms with Crippen LogP contribution in [0.4, 0.5) is 0 Å². The minimum absolute atomic E-state index is 0.326. The molecule has 0 aliphatic carbocycles. The summed E-state index contributed by atoms with van der Waals surface area (Å²) in [5.74, 6) is -0.420. The number of aromatic nitrogens is 1. The van der Waals surface area contributed by atoms with Gasteiger partial charge in [0.1, 0.15) is 11.3 Å². The normalized spacial score (nSPS) is 26.1. The zero-order valence-electron chi connectivity index (χ0n) is 10.3. The van der Waals surface area contributed by atoms with Crippen molar-refractivity contribution in [3.8, 4) is 0 Å². The largest absolute Gasteiger partial charge is 0.464 e. The third-order valence-corrected chi connectivity index (χ3v) is 3.58. The zero-order valence-corrected chi connectivity index (χ0v) is 10.3. The van der Waals surface area contributed by atoms with Gasteiger partial charge >= 0.3 is 5.97 Å². The van der Waals surface area contributed by atoms with Crippen molar-refractivity contribution in [1.29, 1.82) is 0 Å². The molecule has 2 aliphatic heterocycles. The molecule has 1 aromatic rings. The number of carbonyl (C=O) groups is 1. The van der Waals surface area contributed by atoms with Crippen molar-refractivity contribution in [2.45, 2.75) is 25.0 Å². The molecule has 1 atom stereocenters. The molecule has 0 saturated carbocycles. The molecule has 0 aromatic carbocycles. The Kier molecular flexibility index (Phi) is 2.80. The Morgan fingerprint density at radius 3 is 3.17 bits per heavy atom. The predicted molar refractivity (Wildman–Crippen MR) is 62.1 cm³/mol. The molecule has 2 aliphatic rings. The van der Waals surface area contributed by atoms with Gasteiger partial charge in [-0.1, -0.05) is 0 Å². The van der Waals surface area contributed by atoms with Crippen molar-refractivity contribution in [1.82, 2.24) is 4.98 Å². The molecule has 1 fully saturated rings. The molecule has 3 heterocycles. The number of methoxy groups -OCH3 is 1. The Hall–Kier alpha value is -1.46. The summed E-state index contributed by atoms with van der Waals surface area (Å²) >= 11 is 0. The standard InChI is InChI=1S/C13H15NO4/c1-16-12(15)11-5-10-9(6-14-11)7-18-13(10)3-2-4-17-8-13/h5-6H,2-4,7-8H2,1H3. The number of fused-ring (bicyclic) bond motifs is 2. The first-order chi connectivity index (χ1) is 8.75. The highest BCUT2D eigenvalue weighted by Gasteiger charge is 2.42. The summed E-state index contributed by atoms with van der Waals surface area (Å²) < 4.78 is 16.1. The third kappa shape index (κ3) is 1.71. The van der Waals surface area contributed by atoms with Crippen LogP contribution in [0.3, 0.4) is 0 Å².